The summed E-state index contributed by atoms with van der Waals surface area (Å²) in [4.78, 5) is 4.72. The van der Waals surface area contributed by atoms with E-state index < -0.39 is 0 Å². The van der Waals surface area contributed by atoms with Crippen LogP contribution in [0.5, 0.6) is 0 Å². The molecule has 0 aliphatic carbocycles. The summed E-state index contributed by atoms with van der Waals surface area (Å²) in [6.45, 7) is 2.06. The molecule has 0 bridgehead atoms. The molecule has 0 unspecified atom stereocenters. The van der Waals surface area contributed by atoms with Gasteiger partial charge in [-0.25, -0.2) is 4.98 Å². The highest BCUT2D eigenvalue weighted by Gasteiger charge is 2.08. The maximum absolute atomic E-state index is 9.55. The molecule has 0 spiro atoms. The van der Waals surface area contributed by atoms with Crippen LogP contribution in [0.2, 0.25) is 0 Å². The lowest BCUT2D eigenvalue weighted by molar-refractivity contribution is 0.282. The fourth-order valence-electron chi connectivity index (χ4n) is 2.29. The van der Waals surface area contributed by atoms with Gasteiger partial charge in [0.2, 0.25) is 0 Å². The Morgan fingerprint density at radius 2 is 1.79 bits per heavy atom. The standard InChI is InChI=1S/C17H15NO/c1-12-7-8-14-10-15(11-19)17(18-16(14)9-12)13-5-3-2-4-6-13/h2-10,19H,11H2,1H3. The van der Waals surface area contributed by atoms with Crippen molar-refractivity contribution in [1.82, 2.24) is 4.98 Å². The second-order valence-corrected chi connectivity index (χ2v) is 4.72. The zero-order valence-corrected chi connectivity index (χ0v) is 10.8. The molecule has 1 heterocycles. The van der Waals surface area contributed by atoms with E-state index in [2.05, 4.69) is 19.1 Å². The number of aromatic nitrogens is 1. The molecule has 2 heteroatoms. The van der Waals surface area contributed by atoms with Crippen molar-refractivity contribution < 1.29 is 5.11 Å². The van der Waals surface area contributed by atoms with E-state index in [1.807, 2.05) is 42.5 Å². The van der Waals surface area contributed by atoms with Gasteiger partial charge in [-0.3, -0.25) is 0 Å². The highest BCUT2D eigenvalue weighted by atomic mass is 16.3. The molecule has 19 heavy (non-hydrogen) atoms. The molecular formula is C17H15NO. The summed E-state index contributed by atoms with van der Waals surface area (Å²) in [6.07, 6.45) is 0. The third-order valence-corrected chi connectivity index (χ3v) is 3.27. The molecule has 2 aromatic carbocycles. The minimum atomic E-state index is 0.00104. The van der Waals surface area contributed by atoms with E-state index in [1.54, 1.807) is 0 Å². The molecule has 3 aromatic rings. The zero-order chi connectivity index (χ0) is 13.2. The van der Waals surface area contributed by atoms with E-state index in [0.29, 0.717) is 0 Å². The molecule has 0 saturated heterocycles. The summed E-state index contributed by atoms with van der Waals surface area (Å²) in [5, 5.41) is 10.6. The maximum Gasteiger partial charge on any atom is 0.0764 e. The number of aliphatic hydroxyl groups is 1. The normalized spacial score (nSPS) is 10.8. The molecular weight excluding hydrogens is 234 g/mol. The molecule has 0 atom stereocenters. The van der Waals surface area contributed by atoms with Gasteiger partial charge < -0.3 is 5.11 Å². The quantitative estimate of drug-likeness (QED) is 0.751. The minimum Gasteiger partial charge on any atom is -0.392 e. The Hall–Kier alpha value is -2.19. The van der Waals surface area contributed by atoms with Gasteiger partial charge in [0, 0.05) is 16.5 Å². The largest absolute Gasteiger partial charge is 0.392 e. The Bertz CT molecular complexity index is 720. The Morgan fingerprint density at radius 3 is 2.53 bits per heavy atom. The van der Waals surface area contributed by atoms with Crippen molar-refractivity contribution in [1.29, 1.82) is 0 Å². The molecule has 94 valence electrons. The summed E-state index contributed by atoms with van der Waals surface area (Å²) < 4.78 is 0. The van der Waals surface area contributed by atoms with Gasteiger partial charge in [-0.1, -0.05) is 42.5 Å². The minimum absolute atomic E-state index is 0.00104. The van der Waals surface area contributed by atoms with Gasteiger partial charge in [0.25, 0.3) is 0 Å². The van der Waals surface area contributed by atoms with Gasteiger partial charge >= 0.3 is 0 Å². The second kappa shape index (κ2) is 4.82. The number of benzene rings is 2. The van der Waals surface area contributed by atoms with Gasteiger partial charge in [-0.2, -0.15) is 0 Å². The number of hydrogen-bond donors (Lipinski definition) is 1. The smallest absolute Gasteiger partial charge is 0.0764 e. The first-order chi connectivity index (χ1) is 9.28. The van der Waals surface area contributed by atoms with Gasteiger partial charge in [0.15, 0.2) is 0 Å². The summed E-state index contributed by atoms with van der Waals surface area (Å²) in [5.41, 5.74) is 4.92. The highest BCUT2D eigenvalue weighted by molar-refractivity contribution is 5.83. The van der Waals surface area contributed by atoms with Crippen LogP contribution in [0.3, 0.4) is 0 Å². The van der Waals surface area contributed by atoms with E-state index in [9.17, 15) is 5.11 Å². The molecule has 0 aliphatic rings. The SMILES string of the molecule is Cc1ccc2cc(CO)c(-c3ccccc3)nc2c1. The number of nitrogens with zero attached hydrogens (tertiary/aromatic N) is 1. The van der Waals surface area contributed by atoms with Crippen LogP contribution in [0.1, 0.15) is 11.1 Å². The Kier molecular flexibility index (Phi) is 3.02. The molecule has 2 nitrogen and oxygen atoms in total. The Labute approximate surface area is 112 Å². The van der Waals surface area contributed by atoms with Crippen molar-refractivity contribution in [3.63, 3.8) is 0 Å². The number of aliphatic hydroxyl groups excluding tert-OH is 1. The first-order valence-electron chi connectivity index (χ1n) is 6.34. The van der Waals surface area contributed by atoms with Crippen LogP contribution in [0.25, 0.3) is 22.2 Å². The van der Waals surface area contributed by atoms with Crippen molar-refractivity contribution in [3.8, 4) is 11.3 Å². The van der Waals surface area contributed by atoms with Gasteiger partial charge in [-0.15, -0.1) is 0 Å². The fourth-order valence-corrected chi connectivity index (χ4v) is 2.29. The zero-order valence-electron chi connectivity index (χ0n) is 10.8. The third-order valence-electron chi connectivity index (χ3n) is 3.27. The molecule has 0 radical (unpaired) electrons. The van der Waals surface area contributed by atoms with Crippen molar-refractivity contribution >= 4 is 10.9 Å². The van der Waals surface area contributed by atoms with Gasteiger partial charge in [-0.05, 0) is 24.6 Å². The van der Waals surface area contributed by atoms with Gasteiger partial charge in [0.05, 0.1) is 17.8 Å². The maximum atomic E-state index is 9.55. The molecule has 3 rings (SSSR count). The Balaban J connectivity index is 2.28. The Morgan fingerprint density at radius 1 is 1.00 bits per heavy atom. The molecule has 0 aliphatic heterocycles. The van der Waals surface area contributed by atoms with Crippen molar-refractivity contribution in [2.24, 2.45) is 0 Å². The highest BCUT2D eigenvalue weighted by Crippen LogP contribution is 2.26. The molecule has 0 amide bonds. The number of rotatable bonds is 2. The van der Waals surface area contributed by atoms with Crippen LogP contribution in [0, 0.1) is 6.92 Å². The first-order valence-corrected chi connectivity index (χ1v) is 6.34. The van der Waals surface area contributed by atoms with E-state index in [0.717, 1.165) is 27.7 Å². The molecule has 1 N–H and O–H groups in total. The van der Waals surface area contributed by atoms with Crippen LogP contribution in [-0.2, 0) is 6.61 Å². The van der Waals surface area contributed by atoms with Crippen LogP contribution < -0.4 is 0 Å². The van der Waals surface area contributed by atoms with Crippen molar-refractivity contribution in [3.05, 3.63) is 65.7 Å². The van der Waals surface area contributed by atoms with Gasteiger partial charge in [0.1, 0.15) is 0 Å². The monoisotopic (exact) mass is 249 g/mol. The van der Waals surface area contributed by atoms with E-state index in [1.165, 1.54) is 5.56 Å². The summed E-state index contributed by atoms with van der Waals surface area (Å²) in [7, 11) is 0. The van der Waals surface area contributed by atoms with E-state index >= 15 is 0 Å². The van der Waals surface area contributed by atoms with Crippen LogP contribution in [0.15, 0.2) is 54.6 Å². The topological polar surface area (TPSA) is 33.1 Å². The molecule has 1 aromatic heterocycles. The lowest BCUT2D eigenvalue weighted by atomic mass is 10.0. The number of pyridine rings is 1. The summed E-state index contributed by atoms with van der Waals surface area (Å²) in [5.74, 6) is 0. The van der Waals surface area contributed by atoms with Crippen LogP contribution in [0.4, 0.5) is 0 Å². The predicted octanol–water partition coefficient (Wildman–Crippen LogP) is 3.70. The summed E-state index contributed by atoms with van der Waals surface area (Å²) in [6, 6.07) is 18.2. The number of hydrogen-bond acceptors (Lipinski definition) is 2. The summed E-state index contributed by atoms with van der Waals surface area (Å²) >= 11 is 0. The number of aryl methyl sites for hydroxylation is 1. The van der Waals surface area contributed by atoms with Crippen molar-refractivity contribution in [2.75, 3.05) is 0 Å². The second-order valence-electron chi connectivity index (χ2n) is 4.72. The van der Waals surface area contributed by atoms with Crippen molar-refractivity contribution in [2.45, 2.75) is 13.5 Å². The van der Waals surface area contributed by atoms with E-state index in [-0.39, 0.29) is 6.61 Å². The average Bonchev–Trinajstić information content (AvgIpc) is 2.46. The number of fused-ring (bicyclic) bond motifs is 1. The molecule has 0 saturated carbocycles. The predicted molar refractivity (Wildman–Crippen MR) is 77.8 cm³/mol. The average molecular weight is 249 g/mol. The van der Waals surface area contributed by atoms with Crippen LogP contribution in [-0.4, -0.2) is 10.1 Å². The lowest BCUT2D eigenvalue weighted by Crippen LogP contribution is -1.94. The van der Waals surface area contributed by atoms with E-state index in [4.69, 9.17) is 4.98 Å². The first kappa shape index (κ1) is 11.9. The third kappa shape index (κ3) is 2.23. The lowest BCUT2D eigenvalue weighted by Gasteiger charge is -2.09. The van der Waals surface area contributed by atoms with Crippen LogP contribution >= 0.6 is 0 Å². The fraction of sp³-hybridized carbons (Fsp3) is 0.118. The molecule has 0 fully saturated rings.